The number of nitrogens with zero attached hydrogens (tertiary/aromatic N) is 1. The molecular weight excluding hydrogens is 226 g/mol. The monoisotopic (exact) mass is 239 g/mol. The van der Waals surface area contributed by atoms with Gasteiger partial charge < -0.3 is 9.97 Å². The standard InChI is InChI=1S/C14H13N3O/c1-8-9(2)15-13-11(8)14(18)17-12(16-13)10-6-4-3-5-7-10/h3-7H,1-2H3,(H2,15,16,17,18). The number of aromatic nitrogens is 3. The van der Waals surface area contributed by atoms with E-state index in [1.807, 2.05) is 44.2 Å². The summed E-state index contributed by atoms with van der Waals surface area (Å²) in [6, 6.07) is 9.62. The topological polar surface area (TPSA) is 61.5 Å². The molecular formula is C14H13N3O. The van der Waals surface area contributed by atoms with Crippen LogP contribution < -0.4 is 5.56 Å². The highest BCUT2D eigenvalue weighted by Crippen LogP contribution is 2.19. The Hall–Kier alpha value is -2.36. The second kappa shape index (κ2) is 3.84. The van der Waals surface area contributed by atoms with Gasteiger partial charge in [0, 0.05) is 11.3 Å². The molecule has 0 aliphatic carbocycles. The van der Waals surface area contributed by atoms with Crippen LogP contribution in [0.2, 0.25) is 0 Å². The molecule has 4 nitrogen and oxygen atoms in total. The summed E-state index contributed by atoms with van der Waals surface area (Å²) in [6.07, 6.45) is 0. The van der Waals surface area contributed by atoms with Crippen molar-refractivity contribution in [2.75, 3.05) is 0 Å². The number of aryl methyl sites for hydroxylation is 2. The van der Waals surface area contributed by atoms with Gasteiger partial charge in [-0.2, -0.15) is 0 Å². The lowest BCUT2D eigenvalue weighted by atomic mass is 10.2. The van der Waals surface area contributed by atoms with Crippen LogP contribution in [0, 0.1) is 13.8 Å². The summed E-state index contributed by atoms with van der Waals surface area (Å²) in [7, 11) is 0. The summed E-state index contributed by atoms with van der Waals surface area (Å²) in [5, 5.41) is 0.646. The van der Waals surface area contributed by atoms with Gasteiger partial charge in [0.05, 0.1) is 5.39 Å². The minimum atomic E-state index is -0.0966. The van der Waals surface area contributed by atoms with Crippen LogP contribution in [0.1, 0.15) is 11.3 Å². The van der Waals surface area contributed by atoms with E-state index in [4.69, 9.17) is 0 Å². The first kappa shape index (κ1) is 10.8. The molecule has 0 fully saturated rings. The van der Waals surface area contributed by atoms with Crippen LogP contribution in [-0.4, -0.2) is 15.0 Å². The van der Waals surface area contributed by atoms with Crippen molar-refractivity contribution >= 4 is 11.0 Å². The van der Waals surface area contributed by atoms with Gasteiger partial charge in [-0.3, -0.25) is 4.79 Å². The number of benzene rings is 1. The molecule has 0 saturated heterocycles. The Bertz CT molecular complexity index is 769. The minimum absolute atomic E-state index is 0.0966. The number of fused-ring (bicyclic) bond motifs is 1. The number of rotatable bonds is 1. The van der Waals surface area contributed by atoms with Crippen molar-refractivity contribution in [1.82, 2.24) is 15.0 Å². The number of H-pyrrole nitrogens is 2. The summed E-state index contributed by atoms with van der Waals surface area (Å²) in [6.45, 7) is 3.87. The maximum atomic E-state index is 12.1. The molecule has 0 saturated carbocycles. The molecule has 4 heteroatoms. The van der Waals surface area contributed by atoms with Crippen LogP contribution in [0.15, 0.2) is 35.1 Å². The Morgan fingerprint density at radius 1 is 1.06 bits per heavy atom. The van der Waals surface area contributed by atoms with Gasteiger partial charge in [0.1, 0.15) is 11.5 Å². The van der Waals surface area contributed by atoms with Crippen LogP contribution in [0.25, 0.3) is 22.4 Å². The van der Waals surface area contributed by atoms with E-state index in [2.05, 4.69) is 15.0 Å². The van der Waals surface area contributed by atoms with Crippen molar-refractivity contribution in [3.63, 3.8) is 0 Å². The molecule has 90 valence electrons. The molecule has 0 spiro atoms. The van der Waals surface area contributed by atoms with E-state index in [0.717, 1.165) is 16.8 Å². The molecule has 0 unspecified atom stereocenters. The number of nitrogens with one attached hydrogen (secondary N) is 2. The largest absolute Gasteiger partial charge is 0.343 e. The van der Waals surface area contributed by atoms with Gasteiger partial charge in [-0.25, -0.2) is 4.98 Å². The smallest absolute Gasteiger partial charge is 0.260 e. The maximum absolute atomic E-state index is 12.1. The number of hydrogen-bond acceptors (Lipinski definition) is 2. The zero-order valence-corrected chi connectivity index (χ0v) is 10.2. The van der Waals surface area contributed by atoms with Crippen molar-refractivity contribution in [2.24, 2.45) is 0 Å². The first-order valence-corrected chi connectivity index (χ1v) is 5.81. The molecule has 0 aliphatic rings. The Labute approximate surface area is 104 Å². The van der Waals surface area contributed by atoms with E-state index < -0.39 is 0 Å². The van der Waals surface area contributed by atoms with Crippen molar-refractivity contribution < 1.29 is 0 Å². The Morgan fingerprint density at radius 3 is 2.50 bits per heavy atom. The van der Waals surface area contributed by atoms with Crippen LogP contribution in [0.3, 0.4) is 0 Å². The Morgan fingerprint density at radius 2 is 1.78 bits per heavy atom. The number of hydrogen-bond donors (Lipinski definition) is 2. The summed E-state index contributed by atoms with van der Waals surface area (Å²) in [5.74, 6) is 0.592. The molecule has 18 heavy (non-hydrogen) atoms. The normalized spacial score (nSPS) is 11.0. The molecule has 3 aromatic rings. The van der Waals surface area contributed by atoms with E-state index in [1.54, 1.807) is 0 Å². The van der Waals surface area contributed by atoms with Crippen molar-refractivity contribution in [3.8, 4) is 11.4 Å². The van der Waals surface area contributed by atoms with Crippen LogP contribution in [-0.2, 0) is 0 Å². The summed E-state index contributed by atoms with van der Waals surface area (Å²) in [4.78, 5) is 22.5. The van der Waals surface area contributed by atoms with E-state index in [9.17, 15) is 4.79 Å². The van der Waals surface area contributed by atoms with E-state index in [-0.39, 0.29) is 5.56 Å². The molecule has 0 radical (unpaired) electrons. The maximum Gasteiger partial charge on any atom is 0.260 e. The van der Waals surface area contributed by atoms with Gasteiger partial charge in [-0.15, -0.1) is 0 Å². The molecule has 0 aliphatic heterocycles. The fraction of sp³-hybridized carbons (Fsp3) is 0.143. The third kappa shape index (κ3) is 1.54. The van der Waals surface area contributed by atoms with Crippen molar-refractivity contribution in [3.05, 3.63) is 51.9 Å². The van der Waals surface area contributed by atoms with Crippen molar-refractivity contribution in [1.29, 1.82) is 0 Å². The van der Waals surface area contributed by atoms with Gasteiger partial charge in [-0.05, 0) is 19.4 Å². The molecule has 2 aromatic heterocycles. The third-order valence-corrected chi connectivity index (χ3v) is 3.21. The molecule has 2 N–H and O–H groups in total. The minimum Gasteiger partial charge on any atom is -0.343 e. The molecule has 2 heterocycles. The van der Waals surface area contributed by atoms with E-state index >= 15 is 0 Å². The second-order valence-corrected chi connectivity index (χ2v) is 4.38. The zero-order valence-electron chi connectivity index (χ0n) is 10.2. The van der Waals surface area contributed by atoms with Gasteiger partial charge in [0.15, 0.2) is 0 Å². The van der Waals surface area contributed by atoms with E-state index in [0.29, 0.717) is 16.9 Å². The van der Waals surface area contributed by atoms with Crippen LogP contribution in [0.4, 0.5) is 0 Å². The molecule has 0 atom stereocenters. The first-order chi connectivity index (χ1) is 8.66. The lowest BCUT2D eigenvalue weighted by Crippen LogP contribution is -2.09. The average molecular weight is 239 g/mol. The third-order valence-electron chi connectivity index (χ3n) is 3.21. The SMILES string of the molecule is Cc1[nH]c2nc(-c3ccccc3)[nH]c(=O)c2c1C. The molecule has 3 rings (SSSR count). The highest BCUT2D eigenvalue weighted by molar-refractivity contribution is 5.81. The van der Waals surface area contributed by atoms with Gasteiger partial charge in [0.2, 0.25) is 0 Å². The summed E-state index contributed by atoms with van der Waals surface area (Å²) >= 11 is 0. The van der Waals surface area contributed by atoms with E-state index in [1.165, 1.54) is 0 Å². The first-order valence-electron chi connectivity index (χ1n) is 5.81. The highest BCUT2D eigenvalue weighted by atomic mass is 16.1. The fourth-order valence-corrected chi connectivity index (χ4v) is 2.10. The highest BCUT2D eigenvalue weighted by Gasteiger charge is 2.11. The quantitative estimate of drug-likeness (QED) is 0.685. The fourth-order valence-electron chi connectivity index (χ4n) is 2.10. The Kier molecular flexibility index (Phi) is 2.30. The van der Waals surface area contributed by atoms with Gasteiger partial charge >= 0.3 is 0 Å². The molecule has 0 amide bonds. The zero-order chi connectivity index (χ0) is 12.7. The molecule has 0 bridgehead atoms. The average Bonchev–Trinajstić information content (AvgIpc) is 2.66. The van der Waals surface area contributed by atoms with Gasteiger partial charge in [0.25, 0.3) is 5.56 Å². The second-order valence-electron chi connectivity index (χ2n) is 4.38. The van der Waals surface area contributed by atoms with Crippen LogP contribution in [0.5, 0.6) is 0 Å². The Balaban J connectivity index is 2.32. The van der Waals surface area contributed by atoms with Gasteiger partial charge in [-0.1, -0.05) is 30.3 Å². The lowest BCUT2D eigenvalue weighted by molar-refractivity contribution is 1.16. The van der Waals surface area contributed by atoms with Crippen molar-refractivity contribution in [2.45, 2.75) is 13.8 Å². The summed E-state index contributed by atoms with van der Waals surface area (Å²) < 4.78 is 0. The predicted molar refractivity (Wildman–Crippen MR) is 71.6 cm³/mol. The predicted octanol–water partition coefficient (Wildman–Crippen LogP) is 2.54. The molecule has 1 aromatic carbocycles. The lowest BCUT2D eigenvalue weighted by Gasteiger charge is -2.00. The van der Waals surface area contributed by atoms with Crippen LogP contribution >= 0.6 is 0 Å². The number of aromatic amines is 2. The summed E-state index contributed by atoms with van der Waals surface area (Å²) in [5.41, 5.74) is 3.39.